The predicted octanol–water partition coefficient (Wildman–Crippen LogP) is 1.37. The molecule has 0 aliphatic carbocycles. The Kier molecular flexibility index (Phi) is 1.93. The van der Waals surface area contributed by atoms with E-state index in [9.17, 15) is 4.79 Å². The fourth-order valence-electron chi connectivity index (χ4n) is 0.795. The van der Waals surface area contributed by atoms with Crippen LogP contribution in [0, 0.1) is 12.3 Å². The largest absolute Gasteiger partial charge is 0.478 e. The Balaban J connectivity index is 3.26. The number of aromatic carboxylic acids is 1. The molecule has 2 nitrogen and oxygen atoms in total. The van der Waals surface area contributed by atoms with Gasteiger partial charge in [0.1, 0.15) is 0 Å². The van der Waals surface area contributed by atoms with Crippen molar-refractivity contribution in [3.63, 3.8) is 0 Å². The molecule has 54 valence electrons. The van der Waals surface area contributed by atoms with E-state index in [4.69, 9.17) is 11.5 Å². The molecule has 2 heteroatoms. The van der Waals surface area contributed by atoms with E-state index in [2.05, 4.69) is 5.92 Å². The van der Waals surface area contributed by atoms with Gasteiger partial charge in [-0.2, -0.15) is 0 Å². The van der Waals surface area contributed by atoms with Crippen LogP contribution in [-0.4, -0.2) is 11.1 Å². The molecule has 0 saturated carbocycles. The lowest BCUT2D eigenvalue weighted by Crippen LogP contribution is -1.98. The van der Waals surface area contributed by atoms with Crippen LogP contribution in [0.25, 0.3) is 0 Å². The number of hydrogen-bond donors (Lipinski definition) is 1. The van der Waals surface area contributed by atoms with Crippen molar-refractivity contribution in [2.75, 3.05) is 0 Å². The quantitative estimate of drug-likeness (QED) is 0.607. The third kappa shape index (κ3) is 1.39. The van der Waals surface area contributed by atoms with Gasteiger partial charge < -0.3 is 5.11 Å². The van der Waals surface area contributed by atoms with Crippen molar-refractivity contribution in [1.29, 1.82) is 0 Å². The van der Waals surface area contributed by atoms with Gasteiger partial charge in [0, 0.05) is 5.56 Å². The van der Waals surface area contributed by atoms with Crippen LogP contribution in [0.4, 0.5) is 0 Å². The number of carbonyl (C=O) groups is 1. The first-order chi connectivity index (χ1) is 5.25. The van der Waals surface area contributed by atoms with E-state index in [1.54, 1.807) is 18.2 Å². The van der Waals surface area contributed by atoms with Crippen molar-refractivity contribution in [1.82, 2.24) is 0 Å². The summed E-state index contributed by atoms with van der Waals surface area (Å²) in [6, 6.07) is 6.44. The van der Waals surface area contributed by atoms with Crippen LogP contribution in [0.2, 0.25) is 0 Å². The zero-order valence-corrected chi connectivity index (χ0v) is 5.74. The smallest absolute Gasteiger partial charge is 0.336 e. The summed E-state index contributed by atoms with van der Waals surface area (Å²) in [6.45, 7) is 0. The van der Waals surface area contributed by atoms with E-state index in [0.29, 0.717) is 5.56 Å². The second-order valence-electron chi connectivity index (χ2n) is 2.00. The van der Waals surface area contributed by atoms with Crippen molar-refractivity contribution in [3.8, 4) is 12.3 Å². The normalized spacial score (nSPS) is 8.64. The SMILES string of the molecule is C#Cc1ccccc1C(=O)O. The Morgan fingerprint density at radius 2 is 2.09 bits per heavy atom. The van der Waals surface area contributed by atoms with Gasteiger partial charge in [0.2, 0.25) is 0 Å². The molecule has 0 bridgehead atoms. The van der Waals surface area contributed by atoms with E-state index < -0.39 is 5.97 Å². The molecule has 0 aliphatic heterocycles. The number of carboxylic acids is 1. The van der Waals surface area contributed by atoms with Crippen LogP contribution in [0.15, 0.2) is 24.3 Å². The highest BCUT2D eigenvalue weighted by Gasteiger charge is 2.05. The number of hydrogen-bond acceptors (Lipinski definition) is 1. The van der Waals surface area contributed by atoms with Crippen LogP contribution >= 0.6 is 0 Å². The summed E-state index contributed by atoms with van der Waals surface area (Å²) in [5.41, 5.74) is 0.593. The maximum absolute atomic E-state index is 10.5. The highest BCUT2D eigenvalue weighted by molar-refractivity contribution is 5.90. The van der Waals surface area contributed by atoms with Crippen LogP contribution < -0.4 is 0 Å². The Bertz CT molecular complexity index is 321. The standard InChI is InChI=1S/C9H6O2/c1-2-7-5-3-4-6-8(7)9(10)11/h1,3-6H,(H,10,11). The van der Waals surface area contributed by atoms with E-state index >= 15 is 0 Å². The fraction of sp³-hybridized carbons (Fsp3) is 0. The molecule has 1 aromatic rings. The second-order valence-corrected chi connectivity index (χ2v) is 2.00. The summed E-state index contributed by atoms with van der Waals surface area (Å²) < 4.78 is 0. The molecule has 0 spiro atoms. The van der Waals surface area contributed by atoms with Crippen LogP contribution in [0.5, 0.6) is 0 Å². The first kappa shape index (κ1) is 7.36. The molecule has 0 unspecified atom stereocenters. The zero-order chi connectivity index (χ0) is 8.27. The molecular formula is C9H6O2. The monoisotopic (exact) mass is 146 g/mol. The van der Waals surface area contributed by atoms with E-state index in [0.717, 1.165) is 0 Å². The van der Waals surface area contributed by atoms with Gasteiger partial charge in [0.15, 0.2) is 0 Å². The minimum atomic E-state index is -0.987. The second kappa shape index (κ2) is 2.89. The van der Waals surface area contributed by atoms with Crippen molar-refractivity contribution in [3.05, 3.63) is 35.4 Å². The highest BCUT2D eigenvalue weighted by atomic mass is 16.4. The molecule has 1 rings (SSSR count). The third-order valence-corrected chi connectivity index (χ3v) is 1.31. The Morgan fingerprint density at radius 3 is 2.55 bits per heavy atom. The molecule has 11 heavy (non-hydrogen) atoms. The number of carboxylic acid groups (broad SMARTS) is 1. The predicted molar refractivity (Wildman–Crippen MR) is 41.3 cm³/mol. The minimum Gasteiger partial charge on any atom is -0.478 e. The van der Waals surface area contributed by atoms with Crippen molar-refractivity contribution in [2.45, 2.75) is 0 Å². The van der Waals surface area contributed by atoms with Gasteiger partial charge in [-0.25, -0.2) is 4.79 Å². The van der Waals surface area contributed by atoms with Crippen molar-refractivity contribution in [2.24, 2.45) is 0 Å². The summed E-state index contributed by atoms with van der Waals surface area (Å²) >= 11 is 0. The first-order valence-electron chi connectivity index (χ1n) is 3.04. The molecule has 0 saturated heterocycles. The molecule has 0 radical (unpaired) electrons. The van der Waals surface area contributed by atoms with Gasteiger partial charge in [-0.05, 0) is 12.1 Å². The molecule has 0 atom stereocenters. The van der Waals surface area contributed by atoms with Gasteiger partial charge in [-0.1, -0.05) is 18.1 Å². The van der Waals surface area contributed by atoms with E-state index in [1.807, 2.05) is 0 Å². The molecule has 0 fully saturated rings. The first-order valence-corrected chi connectivity index (χ1v) is 3.04. The van der Waals surface area contributed by atoms with Gasteiger partial charge >= 0.3 is 5.97 Å². The molecule has 0 aliphatic rings. The molecule has 0 amide bonds. The molecular weight excluding hydrogens is 140 g/mol. The number of rotatable bonds is 1. The average Bonchev–Trinajstić information content (AvgIpc) is 2.04. The van der Waals surface area contributed by atoms with E-state index in [1.165, 1.54) is 6.07 Å². The van der Waals surface area contributed by atoms with E-state index in [-0.39, 0.29) is 5.56 Å². The number of benzene rings is 1. The average molecular weight is 146 g/mol. The maximum atomic E-state index is 10.5. The van der Waals surface area contributed by atoms with Gasteiger partial charge in [0.05, 0.1) is 5.56 Å². The topological polar surface area (TPSA) is 37.3 Å². The van der Waals surface area contributed by atoms with Crippen LogP contribution in [0.1, 0.15) is 15.9 Å². The molecule has 0 aromatic heterocycles. The minimum absolute atomic E-state index is 0.176. The lowest BCUT2D eigenvalue weighted by atomic mass is 10.1. The Morgan fingerprint density at radius 1 is 1.45 bits per heavy atom. The summed E-state index contributed by atoms with van der Waals surface area (Å²) in [7, 11) is 0. The molecule has 0 heterocycles. The van der Waals surface area contributed by atoms with Gasteiger partial charge in [0.25, 0.3) is 0 Å². The summed E-state index contributed by atoms with van der Waals surface area (Å²) in [5.74, 6) is 1.31. The lowest BCUT2D eigenvalue weighted by Gasteiger charge is -1.95. The summed E-state index contributed by atoms with van der Waals surface area (Å²) in [6.07, 6.45) is 5.08. The molecule has 1 N–H and O–H groups in total. The van der Waals surface area contributed by atoms with Crippen LogP contribution in [0.3, 0.4) is 0 Å². The van der Waals surface area contributed by atoms with Gasteiger partial charge in [-0.3, -0.25) is 0 Å². The number of terminal acetylenes is 1. The Labute approximate surface area is 64.5 Å². The van der Waals surface area contributed by atoms with Crippen molar-refractivity contribution >= 4 is 5.97 Å². The summed E-state index contributed by atoms with van der Waals surface area (Å²) in [5, 5.41) is 8.60. The molecule has 1 aromatic carbocycles. The third-order valence-electron chi connectivity index (χ3n) is 1.31. The van der Waals surface area contributed by atoms with Crippen LogP contribution in [-0.2, 0) is 0 Å². The zero-order valence-electron chi connectivity index (χ0n) is 5.74. The summed E-state index contributed by atoms with van der Waals surface area (Å²) in [4.78, 5) is 10.5. The lowest BCUT2D eigenvalue weighted by molar-refractivity contribution is 0.0696. The van der Waals surface area contributed by atoms with Crippen molar-refractivity contribution < 1.29 is 9.90 Å². The highest BCUT2D eigenvalue weighted by Crippen LogP contribution is 2.05. The van der Waals surface area contributed by atoms with Gasteiger partial charge in [-0.15, -0.1) is 6.42 Å². The fourth-order valence-corrected chi connectivity index (χ4v) is 0.795. The Hall–Kier alpha value is -1.75. The maximum Gasteiger partial charge on any atom is 0.336 e.